The van der Waals surface area contributed by atoms with Crippen LogP contribution >= 0.6 is 0 Å². The maximum absolute atomic E-state index is 12.9. The molecule has 1 saturated carbocycles. The van der Waals surface area contributed by atoms with Gasteiger partial charge in [-0.05, 0) is 55.5 Å². The molecule has 2 bridgehead atoms. The standard InChI is InChI=1S/C22H26N4O6S/c27-22(32-14-15-4-2-1-3-5-15)24-18-10-16-12-23-13-17(11-18)21(16)25-33(30,31)20-8-6-19(7-9-20)26(28)29/h1-9,16-18,21,23,25H,10-14H2,(H,24,27)/t16-,17+,18?,21?. The van der Waals surface area contributed by atoms with Crippen molar-refractivity contribution in [3.8, 4) is 0 Å². The van der Waals surface area contributed by atoms with Crippen LogP contribution in [0.1, 0.15) is 18.4 Å². The Labute approximate surface area is 191 Å². The smallest absolute Gasteiger partial charge is 0.407 e. The Morgan fingerprint density at radius 2 is 1.70 bits per heavy atom. The number of nitrogens with zero attached hydrogens (tertiary/aromatic N) is 1. The fourth-order valence-corrected chi connectivity index (χ4v) is 5.99. The van der Waals surface area contributed by atoms with Crippen LogP contribution < -0.4 is 15.4 Å². The van der Waals surface area contributed by atoms with Crippen molar-refractivity contribution in [3.05, 3.63) is 70.3 Å². The van der Waals surface area contributed by atoms with Gasteiger partial charge in [0.1, 0.15) is 6.61 Å². The van der Waals surface area contributed by atoms with E-state index in [-0.39, 0.29) is 41.1 Å². The number of nitro benzene ring substituents is 1. The van der Waals surface area contributed by atoms with Crippen LogP contribution in [-0.2, 0) is 21.4 Å². The third kappa shape index (κ3) is 5.67. The minimum absolute atomic E-state index is 0.00949. The molecule has 4 atom stereocenters. The van der Waals surface area contributed by atoms with Gasteiger partial charge in [-0.25, -0.2) is 17.9 Å². The van der Waals surface area contributed by atoms with E-state index in [0.717, 1.165) is 5.56 Å². The van der Waals surface area contributed by atoms with Crippen molar-refractivity contribution in [2.24, 2.45) is 11.8 Å². The summed E-state index contributed by atoms with van der Waals surface area (Å²) in [6.07, 6.45) is 0.731. The molecule has 0 radical (unpaired) electrons. The number of ether oxygens (including phenoxy) is 1. The average Bonchev–Trinajstić information content (AvgIpc) is 2.79. The van der Waals surface area contributed by atoms with E-state index in [0.29, 0.717) is 25.9 Å². The zero-order valence-electron chi connectivity index (χ0n) is 17.8. The monoisotopic (exact) mass is 474 g/mol. The van der Waals surface area contributed by atoms with Gasteiger partial charge in [0.2, 0.25) is 10.0 Å². The number of carbonyl (C=O) groups is 1. The molecule has 1 aliphatic carbocycles. The first-order valence-electron chi connectivity index (χ1n) is 10.8. The van der Waals surface area contributed by atoms with Gasteiger partial charge < -0.3 is 15.4 Å². The number of nitrogens with one attached hydrogen (secondary N) is 3. The molecule has 0 aromatic heterocycles. The number of alkyl carbamates (subject to hydrolysis) is 1. The molecule has 0 spiro atoms. The van der Waals surface area contributed by atoms with Gasteiger partial charge in [-0.1, -0.05) is 30.3 Å². The van der Waals surface area contributed by atoms with Gasteiger partial charge in [-0.2, -0.15) is 0 Å². The van der Waals surface area contributed by atoms with Crippen LogP contribution in [0.25, 0.3) is 0 Å². The van der Waals surface area contributed by atoms with Crippen LogP contribution in [0.3, 0.4) is 0 Å². The molecular weight excluding hydrogens is 448 g/mol. The van der Waals surface area contributed by atoms with E-state index in [4.69, 9.17) is 4.74 Å². The van der Waals surface area contributed by atoms with Crippen LogP contribution in [0, 0.1) is 22.0 Å². The van der Waals surface area contributed by atoms with Crippen molar-refractivity contribution in [2.75, 3.05) is 13.1 Å². The summed E-state index contributed by atoms with van der Waals surface area (Å²) in [7, 11) is -3.84. The summed E-state index contributed by atoms with van der Waals surface area (Å²) in [5.74, 6) is -0.0190. The van der Waals surface area contributed by atoms with Crippen LogP contribution in [0.2, 0.25) is 0 Å². The molecule has 4 rings (SSSR count). The SMILES string of the molecule is O=C(NC1C[C@H]2CNC[C@@H](C1)C2NS(=O)(=O)c1ccc([N+](=O)[O-])cc1)OCc1ccccc1. The van der Waals surface area contributed by atoms with E-state index < -0.39 is 21.0 Å². The lowest BCUT2D eigenvalue weighted by atomic mass is 9.72. The molecule has 2 aliphatic rings. The number of hydrogen-bond acceptors (Lipinski definition) is 7. The number of carbonyl (C=O) groups excluding carboxylic acids is 1. The third-order valence-electron chi connectivity index (χ3n) is 6.19. The van der Waals surface area contributed by atoms with Crippen LogP contribution in [0.5, 0.6) is 0 Å². The highest BCUT2D eigenvalue weighted by Gasteiger charge is 2.42. The van der Waals surface area contributed by atoms with Crippen LogP contribution in [0.4, 0.5) is 10.5 Å². The molecule has 2 fully saturated rings. The average molecular weight is 475 g/mol. The van der Waals surface area contributed by atoms with Crippen molar-refractivity contribution in [2.45, 2.75) is 36.4 Å². The van der Waals surface area contributed by atoms with Gasteiger partial charge in [0.15, 0.2) is 0 Å². The molecule has 10 nitrogen and oxygen atoms in total. The Kier molecular flexibility index (Phi) is 6.91. The Morgan fingerprint density at radius 1 is 1.06 bits per heavy atom. The molecule has 2 aromatic rings. The Morgan fingerprint density at radius 3 is 2.30 bits per heavy atom. The van der Waals surface area contributed by atoms with Crippen molar-refractivity contribution in [1.29, 1.82) is 0 Å². The summed E-state index contributed by atoms with van der Waals surface area (Å²) in [6, 6.07) is 13.9. The first kappa shape index (κ1) is 23.1. The number of sulfonamides is 1. The lowest BCUT2D eigenvalue weighted by Gasteiger charge is -2.46. The van der Waals surface area contributed by atoms with Crippen molar-refractivity contribution in [1.82, 2.24) is 15.4 Å². The van der Waals surface area contributed by atoms with E-state index in [1.165, 1.54) is 24.3 Å². The Hall–Kier alpha value is -3.02. The Bertz CT molecular complexity index is 1080. The number of rotatable bonds is 7. The topological polar surface area (TPSA) is 140 Å². The number of non-ortho nitro benzene ring substituents is 1. The lowest BCUT2D eigenvalue weighted by molar-refractivity contribution is -0.384. The molecule has 1 saturated heterocycles. The maximum Gasteiger partial charge on any atom is 0.407 e. The van der Waals surface area contributed by atoms with E-state index in [1.807, 2.05) is 30.3 Å². The first-order valence-corrected chi connectivity index (χ1v) is 12.2. The number of benzene rings is 2. The second-order valence-corrected chi connectivity index (χ2v) is 10.2. The van der Waals surface area contributed by atoms with E-state index in [9.17, 15) is 23.3 Å². The number of fused-ring (bicyclic) bond motifs is 2. The van der Waals surface area contributed by atoms with Crippen LogP contribution in [-0.4, -0.2) is 44.6 Å². The maximum atomic E-state index is 12.9. The molecule has 1 aliphatic heterocycles. The highest BCUT2D eigenvalue weighted by Crippen LogP contribution is 2.33. The van der Waals surface area contributed by atoms with Gasteiger partial charge in [-0.3, -0.25) is 10.1 Å². The molecule has 1 heterocycles. The van der Waals surface area contributed by atoms with Gasteiger partial charge in [-0.15, -0.1) is 0 Å². The van der Waals surface area contributed by atoms with Crippen molar-refractivity contribution >= 4 is 21.8 Å². The predicted octanol–water partition coefficient (Wildman–Crippen LogP) is 2.17. The second-order valence-electron chi connectivity index (χ2n) is 8.45. The third-order valence-corrected chi connectivity index (χ3v) is 7.66. The highest BCUT2D eigenvalue weighted by atomic mass is 32.2. The van der Waals surface area contributed by atoms with E-state index in [2.05, 4.69) is 15.4 Å². The summed E-state index contributed by atoms with van der Waals surface area (Å²) in [5.41, 5.74) is 0.735. The molecule has 2 unspecified atom stereocenters. The summed E-state index contributed by atoms with van der Waals surface area (Å²) >= 11 is 0. The highest BCUT2D eigenvalue weighted by molar-refractivity contribution is 7.89. The normalized spacial score (nSPS) is 24.6. The van der Waals surface area contributed by atoms with E-state index in [1.54, 1.807) is 0 Å². The minimum atomic E-state index is -3.84. The van der Waals surface area contributed by atoms with Gasteiger partial charge >= 0.3 is 6.09 Å². The van der Waals surface area contributed by atoms with Crippen molar-refractivity contribution < 1.29 is 22.9 Å². The molecule has 176 valence electrons. The summed E-state index contributed by atoms with van der Waals surface area (Å²) in [5, 5.41) is 17.1. The number of hydrogen-bond donors (Lipinski definition) is 3. The van der Waals surface area contributed by atoms with E-state index >= 15 is 0 Å². The second kappa shape index (κ2) is 9.86. The summed E-state index contributed by atoms with van der Waals surface area (Å²) in [6.45, 7) is 1.44. The number of piperidine rings is 1. The lowest BCUT2D eigenvalue weighted by Crippen LogP contribution is -2.61. The van der Waals surface area contributed by atoms with Gasteiger partial charge in [0.25, 0.3) is 5.69 Å². The summed E-state index contributed by atoms with van der Waals surface area (Å²) < 4.78 is 33.9. The molecule has 1 amide bonds. The summed E-state index contributed by atoms with van der Waals surface area (Å²) in [4.78, 5) is 22.5. The minimum Gasteiger partial charge on any atom is -0.445 e. The van der Waals surface area contributed by atoms with Crippen LogP contribution in [0.15, 0.2) is 59.5 Å². The molecular formula is C22H26N4O6S. The van der Waals surface area contributed by atoms with Gasteiger partial charge in [0, 0.05) is 24.2 Å². The zero-order valence-corrected chi connectivity index (χ0v) is 18.7. The molecule has 3 N–H and O–H groups in total. The molecule has 11 heteroatoms. The first-order chi connectivity index (χ1) is 15.8. The zero-order chi connectivity index (χ0) is 23.4. The molecule has 33 heavy (non-hydrogen) atoms. The van der Waals surface area contributed by atoms with Crippen molar-refractivity contribution in [3.63, 3.8) is 0 Å². The molecule has 2 aromatic carbocycles. The number of nitro groups is 1. The fourth-order valence-electron chi connectivity index (χ4n) is 4.62. The quantitative estimate of drug-likeness (QED) is 0.413. The largest absolute Gasteiger partial charge is 0.445 e. The van der Waals surface area contributed by atoms with Gasteiger partial charge in [0.05, 0.1) is 9.82 Å². The Balaban J connectivity index is 1.36. The fraction of sp³-hybridized carbons (Fsp3) is 0.409. The predicted molar refractivity (Wildman–Crippen MR) is 120 cm³/mol. The number of amides is 1.